The number of para-hydroxylation sites is 2. The van der Waals surface area contributed by atoms with Gasteiger partial charge in [0.15, 0.2) is 11.0 Å². The molecule has 0 aliphatic heterocycles. The fraction of sp³-hybridized carbons (Fsp3) is 0.0882. The van der Waals surface area contributed by atoms with Crippen molar-refractivity contribution >= 4 is 40.0 Å². The van der Waals surface area contributed by atoms with Crippen LogP contribution in [0.1, 0.15) is 12.5 Å². The molecule has 0 fully saturated rings. The number of carbonyl (C=O) groups is 1. The van der Waals surface area contributed by atoms with Gasteiger partial charge in [0.25, 0.3) is 0 Å². The average Bonchev–Trinajstić information content (AvgIpc) is 3.51. The van der Waals surface area contributed by atoms with Crippen molar-refractivity contribution in [1.29, 1.82) is 0 Å². The van der Waals surface area contributed by atoms with Crippen LogP contribution in [0.2, 0.25) is 0 Å². The van der Waals surface area contributed by atoms with E-state index >= 15 is 0 Å². The molecular formula is C34H28N6O3S. The lowest BCUT2D eigenvalue weighted by molar-refractivity contribution is -0.113. The van der Waals surface area contributed by atoms with Crippen LogP contribution in [0, 0.1) is 0 Å². The Labute approximate surface area is 258 Å². The average molecular weight is 601 g/mol. The number of hydrogen-bond acceptors (Lipinski definition) is 8. The van der Waals surface area contributed by atoms with E-state index in [2.05, 4.69) is 20.7 Å². The number of carbonyl (C=O) groups excluding carboxylic acids is 1. The van der Waals surface area contributed by atoms with Crippen molar-refractivity contribution in [3.63, 3.8) is 0 Å². The minimum Gasteiger partial charge on any atom is -0.497 e. The number of methoxy groups -OCH3 is 1. The number of ether oxygens (including phenoxy) is 1. The number of benzene rings is 4. The first-order valence-electron chi connectivity index (χ1n) is 13.8. The fourth-order valence-electron chi connectivity index (χ4n) is 4.80. The fourth-order valence-corrected chi connectivity index (χ4v) is 5.55. The molecule has 0 aliphatic rings. The summed E-state index contributed by atoms with van der Waals surface area (Å²) >= 11 is 1.30. The zero-order chi connectivity index (χ0) is 30.5. The maximum absolute atomic E-state index is 12.9. The maximum atomic E-state index is 12.9. The number of hydrogen-bond donors (Lipinski definition) is 2. The SMILES string of the molecule is COc1ccc(-c2cc(-c3nnc(SCC(=O)Nc4ccc(/C(C)=N/O)cc4)n3-c3ccccc3)c3ccccc3n2)cc1. The molecule has 0 bridgehead atoms. The second-order valence-electron chi connectivity index (χ2n) is 9.88. The quantitative estimate of drug-likeness (QED) is 0.0788. The van der Waals surface area contributed by atoms with Gasteiger partial charge in [-0.05, 0) is 73.2 Å². The van der Waals surface area contributed by atoms with Gasteiger partial charge >= 0.3 is 0 Å². The van der Waals surface area contributed by atoms with E-state index in [1.807, 2.05) is 89.5 Å². The van der Waals surface area contributed by atoms with Crippen LogP contribution in [0.3, 0.4) is 0 Å². The zero-order valence-corrected chi connectivity index (χ0v) is 24.8. The lowest BCUT2D eigenvalue weighted by Crippen LogP contribution is -2.14. The summed E-state index contributed by atoms with van der Waals surface area (Å²) in [6, 6.07) is 34.7. The molecule has 10 heteroatoms. The highest BCUT2D eigenvalue weighted by Gasteiger charge is 2.20. The highest BCUT2D eigenvalue weighted by Crippen LogP contribution is 2.35. The van der Waals surface area contributed by atoms with Gasteiger partial charge in [0.2, 0.25) is 5.91 Å². The van der Waals surface area contributed by atoms with Gasteiger partial charge in [-0.2, -0.15) is 0 Å². The third-order valence-corrected chi connectivity index (χ3v) is 7.99. The minimum atomic E-state index is -0.185. The Morgan fingerprint density at radius 2 is 1.66 bits per heavy atom. The number of anilines is 1. The number of pyridine rings is 1. The molecule has 0 spiro atoms. The third-order valence-electron chi connectivity index (χ3n) is 7.06. The summed E-state index contributed by atoms with van der Waals surface area (Å²) in [4.78, 5) is 17.9. The van der Waals surface area contributed by atoms with Crippen molar-refractivity contribution in [1.82, 2.24) is 19.7 Å². The van der Waals surface area contributed by atoms with E-state index < -0.39 is 0 Å². The summed E-state index contributed by atoms with van der Waals surface area (Å²) < 4.78 is 7.32. The predicted octanol–water partition coefficient (Wildman–Crippen LogP) is 7.09. The summed E-state index contributed by atoms with van der Waals surface area (Å²) in [6.07, 6.45) is 0. The van der Waals surface area contributed by atoms with E-state index in [9.17, 15) is 4.79 Å². The van der Waals surface area contributed by atoms with E-state index in [4.69, 9.17) is 14.9 Å². The summed E-state index contributed by atoms with van der Waals surface area (Å²) in [5, 5.41) is 25.8. The van der Waals surface area contributed by atoms with Crippen LogP contribution in [-0.4, -0.2) is 49.4 Å². The molecule has 2 N–H and O–H groups in total. The van der Waals surface area contributed by atoms with E-state index in [1.165, 1.54) is 11.8 Å². The molecule has 44 heavy (non-hydrogen) atoms. The Morgan fingerprint density at radius 3 is 2.39 bits per heavy atom. The second-order valence-corrected chi connectivity index (χ2v) is 10.8. The van der Waals surface area contributed by atoms with Gasteiger partial charge in [-0.3, -0.25) is 9.36 Å². The number of nitrogens with one attached hydrogen (secondary N) is 1. The van der Waals surface area contributed by atoms with Gasteiger partial charge in [-0.15, -0.1) is 10.2 Å². The summed E-state index contributed by atoms with van der Waals surface area (Å²) in [6.45, 7) is 1.70. The molecule has 0 aliphatic carbocycles. The van der Waals surface area contributed by atoms with Crippen LogP contribution in [0.25, 0.3) is 39.2 Å². The van der Waals surface area contributed by atoms with Crippen molar-refractivity contribution in [2.24, 2.45) is 5.16 Å². The molecule has 0 unspecified atom stereocenters. The first kappa shape index (κ1) is 28.6. The highest BCUT2D eigenvalue weighted by atomic mass is 32.2. The maximum Gasteiger partial charge on any atom is 0.234 e. The Balaban J connectivity index is 1.35. The second kappa shape index (κ2) is 12.8. The Hall–Kier alpha value is -5.48. The number of nitrogens with zero attached hydrogens (tertiary/aromatic N) is 5. The van der Waals surface area contributed by atoms with Gasteiger partial charge in [0, 0.05) is 27.9 Å². The molecule has 0 radical (unpaired) electrons. The van der Waals surface area contributed by atoms with Crippen LogP contribution in [0.4, 0.5) is 5.69 Å². The van der Waals surface area contributed by atoms with Crippen molar-refractivity contribution in [2.75, 3.05) is 18.2 Å². The van der Waals surface area contributed by atoms with Crippen LogP contribution < -0.4 is 10.1 Å². The first-order valence-corrected chi connectivity index (χ1v) is 14.8. The van der Waals surface area contributed by atoms with Crippen molar-refractivity contribution in [2.45, 2.75) is 12.1 Å². The normalized spacial score (nSPS) is 11.5. The monoisotopic (exact) mass is 600 g/mol. The number of aromatic nitrogens is 4. The molecule has 0 saturated heterocycles. The van der Waals surface area contributed by atoms with E-state index in [1.54, 1.807) is 38.3 Å². The topological polar surface area (TPSA) is 115 Å². The van der Waals surface area contributed by atoms with E-state index in [0.29, 0.717) is 22.4 Å². The van der Waals surface area contributed by atoms with Gasteiger partial charge in [-0.1, -0.05) is 65.4 Å². The van der Waals surface area contributed by atoms with Crippen molar-refractivity contribution in [3.8, 4) is 34.1 Å². The number of rotatable bonds is 9. The third kappa shape index (κ3) is 6.02. The van der Waals surface area contributed by atoms with E-state index in [-0.39, 0.29) is 11.7 Å². The van der Waals surface area contributed by atoms with Gasteiger partial charge < -0.3 is 15.3 Å². The number of fused-ring (bicyclic) bond motifs is 1. The molecule has 2 heterocycles. The highest BCUT2D eigenvalue weighted by molar-refractivity contribution is 7.99. The molecule has 218 valence electrons. The van der Waals surface area contributed by atoms with E-state index in [0.717, 1.165) is 44.7 Å². The predicted molar refractivity (Wildman–Crippen MR) is 174 cm³/mol. The molecule has 0 atom stereocenters. The Morgan fingerprint density at radius 1 is 0.932 bits per heavy atom. The smallest absolute Gasteiger partial charge is 0.234 e. The van der Waals surface area contributed by atoms with Crippen LogP contribution in [-0.2, 0) is 4.79 Å². The lowest BCUT2D eigenvalue weighted by Gasteiger charge is -2.13. The number of oxime groups is 1. The van der Waals surface area contributed by atoms with Crippen LogP contribution in [0.15, 0.2) is 120 Å². The van der Waals surface area contributed by atoms with Crippen molar-refractivity contribution in [3.05, 3.63) is 115 Å². The molecule has 0 saturated carbocycles. The summed E-state index contributed by atoms with van der Waals surface area (Å²) in [5.74, 6) is 1.35. The molecule has 6 aromatic rings. The van der Waals surface area contributed by atoms with Gasteiger partial charge in [0.1, 0.15) is 5.75 Å². The Bertz CT molecular complexity index is 1960. The first-order chi connectivity index (χ1) is 21.5. The zero-order valence-electron chi connectivity index (χ0n) is 24.0. The van der Waals surface area contributed by atoms with Crippen LogP contribution in [0.5, 0.6) is 5.75 Å². The van der Waals surface area contributed by atoms with Gasteiger partial charge in [-0.25, -0.2) is 4.98 Å². The molecular weight excluding hydrogens is 572 g/mol. The lowest BCUT2D eigenvalue weighted by atomic mass is 10.0. The molecule has 2 aromatic heterocycles. The summed E-state index contributed by atoms with van der Waals surface area (Å²) in [7, 11) is 1.64. The molecule has 9 nitrogen and oxygen atoms in total. The molecule has 6 rings (SSSR count). The van der Waals surface area contributed by atoms with Crippen molar-refractivity contribution < 1.29 is 14.7 Å². The van der Waals surface area contributed by atoms with Crippen LogP contribution >= 0.6 is 11.8 Å². The Kier molecular flexibility index (Phi) is 8.33. The molecule has 1 amide bonds. The molecule has 4 aromatic carbocycles. The van der Waals surface area contributed by atoms with Gasteiger partial charge in [0.05, 0.1) is 29.8 Å². The largest absolute Gasteiger partial charge is 0.497 e. The summed E-state index contributed by atoms with van der Waals surface area (Å²) in [5.41, 5.74) is 6.22. The number of thioether (sulfide) groups is 1. The standard InChI is InChI=1S/C34H28N6O3S/c1-22(39-42)23-12-16-25(17-13-23)35-32(41)21-44-34-38-37-33(40(34)26-8-4-3-5-9-26)29-20-31(24-14-18-27(43-2)19-15-24)36-30-11-7-6-10-28(29)30/h3-20,42H,21H2,1-2H3,(H,35,41)/b39-22+. The minimum absolute atomic E-state index is 0.123. The number of amides is 1.